The van der Waals surface area contributed by atoms with E-state index in [0.717, 1.165) is 12.1 Å². The monoisotopic (exact) mass is 433 g/mol. The molecule has 0 unspecified atom stereocenters. The predicted octanol–water partition coefficient (Wildman–Crippen LogP) is 3.90. The maximum atomic E-state index is 13.8. The number of alkyl halides is 3. The van der Waals surface area contributed by atoms with Crippen LogP contribution in [0, 0.1) is 22.7 Å². The van der Waals surface area contributed by atoms with Crippen LogP contribution < -0.4 is 4.90 Å². The Morgan fingerprint density at radius 3 is 2.77 bits per heavy atom. The molecule has 6 atom stereocenters. The van der Waals surface area contributed by atoms with Crippen LogP contribution in [0.25, 0.3) is 10.4 Å². The van der Waals surface area contributed by atoms with Crippen LogP contribution >= 0.6 is 0 Å². The van der Waals surface area contributed by atoms with E-state index in [2.05, 4.69) is 10.0 Å². The minimum Gasteiger partial charge on any atom is -0.367 e. The SMILES string of the molecule is C[C@@]12C(=O)N(c3ccc(C#N)c(C(F)(F)F)c3)[C@H]3OCC[C@]4(C[C@@H](N=[N+]=[N-])[C@@]1(C)O4)[C@H]32. The molecule has 31 heavy (non-hydrogen) atoms. The van der Waals surface area contributed by atoms with Crippen molar-refractivity contribution >= 4 is 11.6 Å². The highest BCUT2D eigenvalue weighted by atomic mass is 19.4. The summed E-state index contributed by atoms with van der Waals surface area (Å²) in [5.41, 5.74) is 4.39. The number of carbonyl (C=O) groups is 1. The molecule has 2 bridgehead atoms. The summed E-state index contributed by atoms with van der Waals surface area (Å²) >= 11 is 0. The zero-order valence-corrected chi connectivity index (χ0v) is 16.7. The van der Waals surface area contributed by atoms with Crippen molar-refractivity contribution in [3.05, 3.63) is 39.8 Å². The van der Waals surface area contributed by atoms with Crippen molar-refractivity contribution in [3.8, 4) is 6.07 Å². The molecule has 4 aliphatic rings. The van der Waals surface area contributed by atoms with Gasteiger partial charge < -0.3 is 9.47 Å². The molecule has 0 saturated carbocycles. The van der Waals surface area contributed by atoms with Crippen molar-refractivity contribution in [2.45, 2.75) is 56.3 Å². The van der Waals surface area contributed by atoms with E-state index in [1.54, 1.807) is 19.9 Å². The van der Waals surface area contributed by atoms with Crippen molar-refractivity contribution in [1.29, 1.82) is 5.26 Å². The number of azide groups is 1. The highest BCUT2D eigenvalue weighted by molar-refractivity contribution is 6.02. The molecule has 5 rings (SSSR count). The molecule has 4 fully saturated rings. The Kier molecular flexibility index (Phi) is 3.84. The Labute approximate surface area is 175 Å². The molecule has 4 saturated heterocycles. The summed E-state index contributed by atoms with van der Waals surface area (Å²) in [6.45, 7) is 3.71. The van der Waals surface area contributed by atoms with Crippen LogP contribution in [0.4, 0.5) is 18.9 Å². The second kappa shape index (κ2) is 5.91. The first-order valence-corrected chi connectivity index (χ1v) is 9.84. The molecule has 0 aliphatic carbocycles. The molecule has 8 nitrogen and oxygen atoms in total. The van der Waals surface area contributed by atoms with Crippen LogP contribution in [0.15, 0.2) is 23.3 Å². The predicted molar refractivity (Wildman–Crippen MR) is 99.4 cm³/mol. The Hall–Kier alpha value is -2.80. The summed E-state index contributed by atoms with van der Waals surface area (Å²) in [5.74, 6) is -0.870. The van der Waals surface area contributed by atoms with Gasteiger partial charge in [-0.3, -0.25) is 9.69 Å². The van der Waals surface area contributed by atoms with Gasteiger partial charge in [-0.1, -0.05) is 5.11 Å². The van der Waals surface area contributed by atoms with E-state index < -0.39 is 58.0 Å². The second-order valence-corrected chi connectivity index (χ2v) is 8.90. The summed E-state index contributed by atoms with van der Waals surface area (Å²) < 4.78 is 52.9. The van der Waals surface area contributed by atoms with E-state index in [1.807, 2.05) is 0 Å². The van der Waals surface area contributed by atoms with Crippen molar-refractivity contribution in [3.63, 3.8) is 0 Å². The van der Waals surface area contributed by atoms with E-state index in [9.17, 15) is 18.0 Å². The minimum atomic E-state index is -4.75. The van der Waals surface area contributed by atoms with Gasteiger partial charge in [0.15, 0.2) is 0 Å². The highest BCUT2D eigenvalue weighted by Gasteiger charge is 2.83. The largest absolute Gasteiger partial charge is 0.417 e. The summed E-state index contributed by atoms with van der Waals surface area (Å²) in [4.78, 5) is 18.0. The van der Waals surface area contributed by atoms with Crippen molar-refractivity contribution in [2.75, 3.05) is 11.5 Å². The lowest BCUT2D eigenvalue weighted by Crippen LogP contribution is -2.58. The third-order valence-electron chi connectivity index (χ3n) is 7.72. The summed E-state index contributed by atoms with van der Waals surface area (Å²) in [7, 11) is 0. The third-order valence-corrected chi connectivity index (χ3v) is 7.72. The van der Waals surface area contributed by atoms with Gasteiger partial charge in [-0.2, -0.15) is 18.4 Å². The van der Waals surface area contributed by atoms with Gasteiger partial charge >= 0.3 is 6.18 Å². The molecule has 1 amide bonds. The lowest BCUT2D eigenvalue weighted by molar-refractivity contribution is -0.142. The molecule has 0 aromatic heterocycles. The zero-order chi connectivity index (χ0) is 22.4. The van der Waals surface area contributed by atoms with Crippen molar-refractivity contribution in [1.82, 2.24) is 0 Å². The van der Waals surface area contributed by atoms with Gasteiger partial charge in [0.2, 0.25) is 5.91 Å². The van der Waals surface area contributed by atoms with Crippen LogP contribution in [0.3, 0.4) is 0 Å². The molecule has 0 radical (unpaired) electrons. The first-order valence-electron chi connectivity index (χ1n) is 9.84. The molecule has 1 spiro atoms. The fourth-order valence-electron chi connectivity index (χ4n) is 6.26. The van der Waals surface area contributed by atoms with E-state index in [4.69, 9.17) is 20.3 Å². The third kappa shape index (κ3) is 2.22. The normalized spacial score (nSPS) is 40.5. The van der Waals surface area contributed by atoms with Gasteiger partial charge in [-0.25, -0.2) is 0 Å². The molecule has 11 heteroatoms. The van der Waals surface area contributed by atoms with Gasteiger partial charge in [0.25, 0.3) is 0 Å². The molecule has 4 heterocycles. The fourth-order valence-corrected chi connectivity index (χ4v) is 6.26. The number of nitrogens with zero attached hydrogens (tertiary/aromatic N) is 5. The van der Waals surface area contributed by atoms with Crippen LogP contribution in [-0.2, 0) is 20.4 Å². The molecule has 1 aromatic carbocycles. The Balaban J connectivity index is 1.67. The summed E-state index contributed by atoms with van der Waals surface area (Å²) in [6.07, 6.45) is -4.64. The molecule has 1 aromatic rings. The zero-order valence-electron chi connectivity index (χ0n) is 16.7. The number of benzene rings is 1. The van der Waals surface area contributed by atoms with E-state index in [-0.39, 0.29) is 12.3 Å². The van der Waals surface area contributed by atoms with Crippen molar-refractivity contribution < 1.29 is 27.4 Å². The average Bonchev–Trinajstić information content (AvgIpc) is 3.21. The minimum absolute atomic E-state index is 0.0114. The molecule has 162 valence electrons. The number of ether oxygens (including phenoxy) is 2. The molecular formula is C20H18F3N5O3. The maximum absolute atomic E-state index is 13.8. The Morgan fingerprint density at radius 2 is 2.13 bits per heavy atom. The molecule has 0 N–H and O–H groups in total. The van der Waals surface area contributed by atoms with Crippen molar-refractivity contribution in [2.24, 2.45) is 16.4 Å². The molecule has 4 aliphatic heterocycles. The number of hydrogen-bond donors (Lipinski definition) is 0. The average molecular weight is 433 g/mol. The summed E-state index contributed by atoms with van der Waals surface area (Å²) in [5, 5.41) is 13.0. The first kappa shape index (κ1) is 20.1. The summed E-state index contributed by atoms with van der Waals surface area (Å²) in [6, 6.07) is 4.19. The van der Waals surface area contributed by atoms with Gasteiger partial charge in [0.1, 0.15) is 6.23 Å². The fraction of sp³-hybridized carbons (Fsp3) is 0.600. The quantitative estimate of drug-likeness (QED) is 0.400. The van der Waals surface area contributed by atoms with E-state index in [0.29, 0.717) is 12.8 Å². The van der Waals surface area contributed by atoms with Gasteiger partial charge in [-0.15, -0.1) is 0 Å². The Morgan fingerprint density at radius 1 is 1.39 bits per heavy atom. The van der Waals surface area contributed by atoms with Gasteiger partial charge in [-0.05, 0) is 44.0 Å². The lowest BCUT2D eigenvalue weighted by Gasteiger charge is -2.45. The van der Waals surface area contributed by atoms with Gasteiger partial charge in [0, 0.05) is 17.0 Å². The first-order chi connectivity index (χ1) is 14.5. The number of rotatable bonds is 2. The van der Waals surface area contributed by atoms with Gasteiger partial charge in [0.05, 0.1) is 52.4 Å². The number of amides is 1. The topological polar surface area (TPSA) is 111 Å². The smallest absolute Gasteiger partial charge is 0.367 e. The van der Waals surface area contributed by atoms with Crippen LogP contribution in [0.2, 0.25) is 0 Å². The number of fused-ring (bicyclic) bond motifs is 2. The van der Waals surface area contributed by atoms with E-state index in [1.165, 1.54) is 11.0 Å². The second-order valence-electron chi connectivity index (χ2n) is 8.90. The number of nitriles is 1. The van der Waals surface area contributed by atoms with Crippen LogP contribution in [-0.4, -0.2) is 36.0 Å². The van der Waals surface area contributed by atoms with Crippen LogP contribution in [0.5, 0.6) is 0 Å². The highest BCUT2D eigenvalue weighted by Crippen LogP contribution is 2.71. The number of anilines is 1. The number of hydrogen-bond acceptors (Lipinski definition) is 5. The standard InChI is InChI=1S/C20H18F3N5O3/c1-17-14-15(30-6-5-19(14)8-13(26-27-25)18(17,2)31-19)28(16(17)29)11-4-3-10(9-24)12(7-11)20(21,22)23/h3-4,7,13-15H,5-6,8H2,1-2H3/t13-,14-,15+,17-,18-,19+/m1/s1. The Bertz CT molecular complexity index is 1100. The lowest BCUT2D eigenvalue weighted by atomic mass is 9.56. The van der Waals surface area contributed by atoms with Crippen LogP contribution in [0.1, 0.15) is 37.8 Å². The number of halogens is 3. The number of carbonyl (C=O) groups excluding carboxylic acids is 1. The van der Waals surface area contributed by atoms with E-state index >= 15 is 0 Å². The molecular weight excluding hydrogens is 415 g/mol. The maximum Gasteiger partial charge on any atom is 0.417 e.